The van der Waals surface area contributed by atoms with Gasteiger partial charge in [-0.05, 0) is 52.1 Å². The van der Waals surface area contributed by atoms with Crippen molar-refractivity contribution in [1.29, 1.82) is 0 Å². The summed E-state index contributed by atoms with van der Waals surface area (Å²) in [6.45, 7) is 9.35. The van der Waals surface area contributed by atoms with Crippen molar-refractivity contribution in [2.45, 2.75) is 71.4 Å². The Bertz CT molecular complexity index is 172. The second-order valence-corrected chi connectivity index (χ2v) is 5.58. The number of piperidine rings is 1. The molecule has 2 heteroatoms. The number of hydrogen-bond donors (Lipinski definition) is 1. The van der Waals surface area contributed by atoms with Crippen LogP contribution in [0.4, 0.5) is 0 Å². The van der Waals surface area contributed by atoms with Crippen LogP contribution in [-0.2, 0) is 0 Å². The van der Waals surface area contributed by atoms with Gasteiger partial charge in [-0.3, -0.25) is 0 Å². The summed E-state index contributed by atoms with van der Waals surface area (Å²) in [5.41, 5.74) is 5.97. The molecule has 0 amide bonds. The fourth-order valence-electron chi connectivity index (χ4n) is 2.76. The fraction of sp³-hybridized carbons (Fsp3) is 1.00. The lowest BCUT2D eigenvalue weighted by molar-refractivity contribution is 0.126. The third-order valence-electron chi connectivity index (χ3n) is 4.17. The van der Waals surface area contributed by atoms with E-state index in [-0.39, 0.29) is 0 Å². The summed E-state index contributed by atoms with van der Waals surface area (Å²) in [5, 5.41) is 0. The first-order chi connectivity index (χ1) is 7.65. The first-order valence-electron chi connectivity index (χ1n) is 7.14. The molecule has 2 nitrogen and oxygen atoms in total. The molecule has 0 aromatic rings. The van der Waals surface area contributed by atoms with Gasteiger partial charge in [-0.2, -0.15) is 0 Å². The zero-order valence-electron chi connectivity index (χ0n) is 11.4. The van der Waals surface area contributed by atoms with E-state index in [0.717, 1.165) is 12.0 Å². The standard InChI is InChI=1S/C14H30N2/c1-4-5-6-7-12(2)16-10-8-14(9-11-16)13(3)15/h12-14H,4-11,15H2,1-3H3. The Morgan fingerprint density at radius 3 is 2.31 bits per heavy atom. The summed E-state index contributed by atoms with van der Waals surface area (Å²) in [6.07, 6.45) is 8.09. The molecule has 0 aromatic heterocycles. The number of nitrogens with zero attached hydrogens (tertiary/aromatic N) is 1. The van der Waals surface area contributed by atoms with Crippen LogP contribution in [0.15, 0.2) is 0 Å². The minimum atomic E-state index is 0.387. The molecular formula is C14H30N2. The SMILES string of the molecule is CCCCCC(C)N1CCC(C(C)N)CC1. The minimum Gasteiger partial charge on any atom is -0.328 e. The zero-order chi connectivity index (χ0) is 12.0. The van der Waals surface area contributed by atoms with Crippen LogP contribution in [0.2, 0.25) is 0 Å². The lowest BCUT2D eigenvalue weighted by Gasteiger charge is -2.37. The Morgan fingerprint density at radius 1 is 1.19 bits per heavy atom. The summed E-state index contributed by atoms with van der Waals surface area (Å²) in [5.74, 6) is 0.763. The van der Waals surface area contributed by atoms with Crippen LogP contribution in [0.25, 0.3) is 0 Å². The molecule has 1 saturated heterocycles. The largest absolute Gasteiger partial charge is 0.328 e. The first-order valence-corrected chi connectivity index (χ1v) is 7.14. The highest BCUT2D eigenvalue weighted by Crippen LogP contribution is 2.22. The predicted octanol–water partition coefficient (Wildman–Crippen LogP) is 3.01. The van der Waals surface area contributed by atoms with Crippen molar-refractivity contribution in [3.8, 4) is 0 Å². The summed E-state index contributed by atoms with van der Waals surface area (Å²) in [6, 6.07) is 1.16. The second-order valence-electron chi connectivity index (χ2n) is 5.58. The number of hydrogen-bond acceptors (Lipinski definition) is 2. The Morgan fingerprint density at radius 2 is 1.81 bits per heavy atom. The van der Waals surface area contributed by atoms with Crippen LogP contribution >= 0.6 is 0 Å². The number of likely N-dealkylation sites (tertiary alicyclic amines) is 1. The van der Waals surface area contributed by atoms with E-state index in [1.165, 1.54) is 51.6 Å². The highest BCUT2D eigenvalue weighted by molar-refractivity contribution is 4.80. The monoisotopic (exact) mass is 226 g/mol. The summed E-state index contributed by atoms with van der Waals surface area (Å²) >= 11 is 0. The molecule has 0 spiro atoms. The molecule has 16 heavy (non-hydrogen) atoms. The molecule has 1 fully saturated rings. The number of rotatable bonds is 6. The Hall–Kier alpha value is -0.0800. The van der Waals surface area contributed by atoms with Gasteiger partial charge in [-0.25, -0.2) is 0 Å². The average molecular weight is 226 g/mol. The molecule has 1 rings (SSSR count). The van der Waals surface area contributed by atoms with E-state index in [4.69, 9.17) is 5.73 Å². The van der Waals surface area contributed by atoms with Crippen molar-refractivity contribution >= 4 is 0 Å². The van der Waals surface area contributed by atoms with Crippen molar-refractivity contribution in [3.63, 3.8) is 0 Å². The van der Waals surface area contributed by atoms with Gasteiger partial charge in [0.1, 0.15) is 0 Å². The van der Waals surface area contributed by atoms with Crippen molar-refractivity contribution in [2.24, 2.45) is 11.7 Å². The molecule has 96 valence electrons. The lowest BCUT2D eigenvalue weighted by atomic mass is 9.90. The summed E-state index contributed by atoms with van der Waals surface area (Å²) in [4.78, 5) is 2.66. The predicted molar refractivity (Wildman–Crippen MR) is 71.6 cm³/mol. The molecule has 1 aliphatic rings. The van der Waals surface area contributed by atoms with Gasteiger partial charge in [-0.1, -0.05) is 26.2 Å². The third kappa shape index (κ3) is 4.42. The van der Waals surface area contributed by atoms with Gasteiger partial charge in [-0.15, -0.1) is 0 Å². The Kier molecular flexibility index (Phi) is 6.37. The van der Waals surface area contributed by atoms with Crippen LogP contribution < -0.4 is 5.73 Å². The molecule has 0 aromatic carbocycles. The summed E-state index contributed by atoms with van der Waals surface area (Å²) in [7, 11) is 0. The van der Waals surface area contributed by atoms with E-state index in [1.807, 2.05) is 0 Å². The zero-order valence-corrected chi connectivity index (χ0v) is 11.4. The van der Waals surface area contributed by atoms with Gasteiger partial charge in [0.05, 0.1) is 0 Å². The van der Waals surface area contributed by atoms with Gasteiger partial charge in [0, 0.05) is 12.1 Å². The molecule has 0 saturated carbocycles. The van der Waals surface area contributed by atoms with Crippen LogP contribution in [0.5, 0.6) is 0 Å². The molecule has 1 aliphatic heterocycles. The fourth-order valence-corrected chi connectivity index (χ4v) is 2.76. The first kappa shape index (κ1) is 14.0. The number of nitrogens with two attached hydrogens (primary N) is 1. The van der Waals surface area contributed by atoms with Crippen molar-refractivity contribution in [2.75, 3.05) is 13.1 Å². The van der Waals surface area contributed by atoms with Crippen molar-refractivity contribution in [3.05, 3.63) is 0 Å². The molecule has 1 heterocycles. The molecule has 0 bridgehead atoms. The smallest absolute Gasteiger partial charge is 0.00669 e. The van der Waals surface area contributed by atoms with E-state index in [9.17, 15) is 0 Å². The lowest BCUT2D eigenvalue weighted by Crippen LogP contribution is -2.43. The van der Waals surface area contributed by atoms with E-state index in [1.54, 1.807) is 0 Å². The maximum atomic E-state index is 5.97. The van der Waals surface area contributed by atoms with E-state index < -0.39 is 0 Å². The van der Waals surface area contributed by atoms with E-state index >= 15 is 0 Å². The van der Waals surface area contributed by atoms with Gasteiger partial charge >= 0.3 is 0 Å². The van der Waals surface area contributed by atoms with Crippen LogP contribution in [0.3, 0.4) is 0 Å². The van der Waals surface area contributed by atoms with Crippen LogP contribution in [0.1, 0.15) is 59.3 Å². The average Bonchev–Trinajstić information content (AvgIpc) is 2.29. The van der Waals surface area contributed by atoms with E-state index in [2.05, 4.69) is 25.7 Å². The van der Waals surface area contributed by atoms with Gasteiger partial charge in [0.2, 0.25) is 0 Å². The normalized spacial score (nSPS) is 23.2. The topological polar surface area (TPSA) is 29.3 Å². The maximum absolute atomic E-state index is 5.97. The Labute approximate surface area is 102 Å². The molecule has 2 unspecified atom stereocenters. The quantitative estimate of drug-likeness (QED) is 0.705. The highest BCUT2D eigenvalue weighted by Gasteiger charge is 2.24. The van der Waals surface area contributed by atoms with E-state index in [0.29, 0.717) is 6.04 Å². The van der Waals surface area contributed by atoms with Crippen LogP contribution in [-0.4, -0.2) is 30.1 Å². The van der Waals surface area contributed by atoms with Crippen LogP contribution in [0, 0.1) is 5.92 Å². The number of unbranched alkanes of at least 4 members (excludes halogenated alkanes) is 2. The maximum Gasteiger partial charge on any atom is 0.00669 e. The molecule has 2 atom stereocenters. The minimum absolute atomic E-state index is 0.387. The molecule has 2 N–H and O–H groups in total. The summed E-state index contributed by atoms with van der Waals surface area (Å²) < 4.78 is 0. The van der Waals surface area contributed by atoms with Gasteiger partial charge in [0.15, 0.2) is 0 Å². The highest BCUT2D eigenvalue weighted by atomic mass is 15.2. The van der Waals surface area contributed by atoms with Gasteiger partial charge < -0.3 is 10.6 Å². The molecule has 0 aliphatic carbocycles. The van der Waals surface area contributed by atoms with Crippen molar-refractivity contribution < 1.29 is 0 Å². The molecular weight excluding hydrogens is 196 g/mol. The third-order valence-corrected chi connectivity index (χ3v) is 4.17. The van der Waals surface area contributed by atoms with Gasteiger partial charge in [0.25, 0.3) is 0 Å². The molecule has 0 radical (unpaired) electrons. The second kappa shape index (κ2) is 7.29. The Balaban J connectivity index is 2.19. The van der Waals surface area contributed by atoms with Crippen molar-refractivity contribution in [1.82, 2.24) is 4.90 Å².